The molecule has 1 aromatic heterocycles. The summed E-state index contributed by atoms with van der Waals surface area (Å²) in [6.07, 6.45) is 8.91. The first-order valence-corrected chi connectivity index (χ1v) is 10.3. The molecule has 5 nitrogen and oxygen atoms in total. The van der Waals surface area contributed by atoms with E-state index in [0.717, 1.165) is 47.4 Å². The smallest absolute Gasteiger partial charge is 0.323 e. The van der Waals surface area contributed by atoms with E-state index in [0.29, 0.717) is 5.92 Å². The lowest BCUT2D eigenvalue weighted by Crippen LogP contribution is -2.24. The summed E-state index contributed by atoms with van der Waals surface area (Å²) in [7, 11) is 0. The molecule has 0 fully saturated rings. The van der Waals surface area contributed by atoms with Crippen LogP contribution >= 0.6 is 0 Å². The summed E-state index contributed by atoms with van der Waals surface area (Å²) in [6.45, 7) is 6.41. The standard InChI is InChI=1S/C24H28N4O/c1-3-11-28-12-9-18(10-13-28)22-16-25-23-8-7-20(15-21(22)23)27-24(29)26-19-6-4-5-17(2)14-19/h4-9,12,14-16,18,25H,3,10-11,13H2,1-2H3,(H2,26,27,29). The number of amides is 2. The number of aryl methyl sites for hydroxylation is 1. The number of aromatic amines is 1. The van der Waals surface area contributed by atoms with Gasteiger partial charge in [-0.15, -0.1) is 0 Å². The summed E-state index contributed by atoms with van der Waals surface area (Å²) in [6, 6.07) is 13.5. The third kappa shape index (κ3) is 4.45. The zero-order valence-electron chi connectivity index (χ0n) is 17.0. The van der Waals surface area contributed by atoms with Crippen molar-refractivity contribution in [1.29, 1.82) is 0 Å². The Hall–Kier alpha value is -3.21. The molecule has 0 radical (unpaired) electrons. The number of nitrogens with one attached hydrogen (secondary N) is 3. The van der Waals surface area contributed by atoms with Gasteiger partial charge in [-0.25, -0.2) is 4.79 Å². The molecular weight excluding hydrogens is 360 g/mol. The maximum absolute atomic E-state index is 12.4. The molecule has 3 N–H and O–H groups in total. The fraction of sp³-hybridized carbons (Fsp3) is 0.292. The Labute approximate surface area is 171 Å². The van der Waals surface area contributed by atoms with Crippen LogP contribution in [-0.4, -0.2) is 29.0 Å². The van der Waals surface area contributed by atoms with Crippen molar-refractivity contribution in [3.05, 3.63) is 72.1 Å². The molecule has 3 aromatic rings. The summed E-state index contributed by atoms with van der Waals surface area (Å²) in [5, 5.41) is 7.01. The summed E-state index contributed by atoms with van der Waals surface area (Å²) >= 11 is 0. The second-order valence-corrected chi connectivity index (χ2v) is 7.73. The van der Waals surface area contributed by atoms with Crippen LogP contribution in [0.2, 0.25) is 0 Å². The molecule has 0 spiro atoms. The van der Waals surface area contributed by atoms with E-state index in [9.17, 15) is 4.79 Å². The Bertz CT molecular complexity index is 1040. The first kappa shape index (κ1) is 19.1. The highest BCUT2D eigenvalue weighted by atomic mass is 16.2. The number of urea groups is 1. The molecule has 5 heteroatoms. The number of allylic oxidation sites excluding steroid dienone is 1. The quantitative estimate of drug-likeness (QED) is 0.515. The Morgan fingerprint density at radius 3 is 2.72 bits per heavy atom. The van der Waals surface area contributed by atoms with Gasteiger partial charge >= 0.3 is 6.03 Å². The Morgan fingerprint density at radius 1 is 1.17 bits per heavy atom. The lowest BCUT2D eigenvalue weighted by Gasteiger charge is -2.27. The van der Waals surface area contributed by atoms with Crippen LogP contribution in [0.5, 0.6) is 0 Å². The van der Waals surface area contributed by atoms with Gasteiger partial charge in [0, 0.05) is 47.5 Å². The van der Waals surface area contributed by atoms with Gasteiger partial charge in [-0.3, -0.25) is 0 Å². The Balaban J connectivity index is 1.50. The fourth-order valence-electron chi connectivity index (χ4n) is 3.98. The first-order chi connectivity index (χ1) is 14.1. The maximum Gasteiger partial charge on any atom is 0.323 e. The molecule has 0 saturated heterocycles. The first-order valence-electron chi connectivity index (χ1n) is 10.3. The molecule has 1 unspecified atom stereocenters. The van der Waals surface area contributed by atoms with E-state index >= 15 is 0 Å². The van der Waals surface area contributed by atoms with Gasteiger partial charge in [-0.05, 0) is 67.4 Å². The van der Waals surface area contributed by atoms with Crippen LogP contribution in [0, 0.1) is 6.92 Å². The number of fused-ring (bicyclic) bond motifs is 1. The summed E-state index contributed by atoms with van der Waals surface area (Å²) in [5.74, 6) is 0.397. The molecule has 0 aliphatic carbocycles. The van der Waals surface area contributed by atoms with E-state index in [1.165, 1.54) is 12.0 Å². The topological polar surface area (TPSA) is 60.2 Å². The largest absolute Gasteiger partial charge is 0.378 e. The average Bonchev–Trinajstić information content (AvgIpc) is 3.12. The number of aromatic nitrogens is 1. The van der Waals surface area contributed by atoms with E-state index in [4.69, 9.17) is 0 Å². The monoisotopic (exact) mass is 388 g/mol. The molecule has 2 heterocycles. The van der Waals surface area contributed by atoms with Crippen LogP contribution in [-0.2, 0) is 0 Å². The van der Waals surface area contributed by atoms with E-state index < -0.39 is 0 Å². The normalized spacial score (nSPS) is 16.2. The van der Waals surface area contributed by atoms with E-state index in [2.05, 4.69) is 52.0 Å². The minimum absolute atomic E-state index is 0.236. The number of H-pyrrole nitrogens is 1. The van der Waals surface area contributed by atoms with E-state index in [1.54, 1.807) is 0 Å². The van der Waals surface area contributed by atoms with Crippen LogP contribution < -0.4 is 10.6 Å². The average molecular weight is 389 g/mol. The zero-order chi connectivity index (χ0) is 20.2. The second kappa shape index (κ2) is 8.43. The predicted molar refractivity (Wildman–Crippen MR) is 120 cm³/mol. The summed E-state index contributed by atoms with van der Waals surface area (Å²) < 4.78 is 0. The maximum atomic E-state index is 12.4. The summed E-state index contributed by atoms with van der Waals surface area (Å²) in [4.78, 5) is 18.2. The molecule has 1 aliphatic heterocycles. The van der Waals surface area contributed by atoms with Crippen LogP contribution in [0.3, 0.4) is 0 Å². The van der Waals surface area contributed by atoms with Crippen molar-refractivity contribution in [2.45, 2.75) is 32.6 Å². The number of carbonyl (C=O) groups is 1. The van der Waals surface area contributed by atoms with Crippen molar-refractivity contribution in [3.8, 4) is 0 Å². The molecule has 4 rings (SSSR count). The van der Waals surface area contributed by atoms with Crippen molar-refractivity contribution in [2.24, 2.45) is 0 Å². The van der Waals surface area contributed by atoms with Crippen molar-refractivity contribution < 1.29 is 4.79 Å². The molecular formula is C24H28N4O. The number of rotatable bonds is 5. The van der Waals surface area contributed by atoms with Crippen molar-refractivity contribution in [3.63, 3.8) is 0 Å². The Morgan fingerprint density at radius 2 is 2.00 bits per heavy atom. The van der Waals surface area contributed by atoms with Crippen molar-refractivity contribution >= 4 is 28.3 Å². The highest BCUT2D eigenvalue weighted by Crippen LogP contribution is 2.32. The minimum Gasteiger partial charge on any atom is -0.378 e. The van der Waals surface area contributed by atoms with Crippen molar-refractivity contribution in [2.75, 3.05) is 23.7 Å². The van der Waals surface area contributed by atoms with Crippen LogP contribution in [0.1, 0.15) is 36.8 Å². The molecule has 1 aliphatic rings. The van der Waals surface area contributed by atoms with Gasteiger partial charge in [0.1, 0.15) is 0 Å². The number of hydrogen-bond donors (Lipinski definition) is 3. The molecule has 29 heavy (non-hydrogen) atoms. The van der Waals surface area contributed by atoms with Gasteiger partial charge in [0.25, 0.3) is 0 Å². The molecule has 0 saturated carbocycles. The lowest BCUT2D eigenvalue weighted by molar-refractivity contribution is 0.262. The lowest BCUT2D eigenvalue weighted by atomic mass is 9.93. The van der Waals surface area contributed by atoms with E-state index in [-0.39, 0.29) is 6.03 Å². The second-order valence-electron chi connectivity index (χ2n) is 7.73. The van der Waals surface area contributed by atoms with Gasteiger partial charge in [0.15, 0.2) is 0 Å². The SMILES string of the molecule is CCCN1C=CC(c2c[nH]c3ccc(NC(=O)Nc4cccc(C)c4)cc23)CC1. The fourth-order valence-corrected chi connectivity index (χ4v) is 3.98. The molecule has 2 aromatic carbocycles. The molecule has 2 amide bonds. The van der Waals surface area contributed by atoms with Crippen molar-refractivity contribution in [1.82, 2.24) is 9.88 Å². The zero-order valence-corrected chi connectivity index (χ0v) is 17.0. The highest BCUT2D eigenvalue weighted by Gasteiger charge is 2.18. The van der Waals surface area contributed by atoms with Gasteiger partial charge in [0.2, 0.25) is 0 Å². The van der Waals surface area contributed by atoms with Crippen LogP contribution in [0.15, 0.2) is 60.9 Å². The minimum atomic E-state index is -0.236. The predicted octanol–water partition coefficient (Wildman–Crippen LogP) is 5.83. The van der Waals surface area contributed by atoms with E-state index in [1.807, 2.05) is 43.3 Å². The number of carbonyl (C=O) groups excluding carboxylic acids is 1. The molecule has 1 atom stereocenters. The molecule has 150 valence electrons. The van der Waals surface area contributed by atoms with Crippen LogP contribution in [0.25, 0.3) is 10.9 Å². The van der Waals surface area contributed by atoms with Gasteiger partial charge in [-0.2, -0.15) is 0 Å². The van der Waals surface area contributed by atoms with Gasteiger partial charge in [0.05, 0.1) is 0 Å². The number of anilines is 2. The van der Waals surface area contributed by atoms with Gasteiger partial charge < -0.3 is 20.5 Å². The number of hydrogen-bond acceptors (Lipinski definition) is 2. The third-order valence-corrected chi connectivity index (χ3v) is 5.41. The third-order valence-electron chi connectivity index (χ3n) is 5.41. The Kier molecular flexibility index (Phi) is 5.56. The number of benzene rings is 2. The molecule has 0 bridgehead atoms. The van der Waals surface area contributed by atoms with Crippen LogP contribution in [0.4, 0.5) is 16.2 Å². The van der Waals surface area contributed by atoms with Gasteiger partial charge in [-0.1, -0.05) is 25.1 Å². The number of nitrogens with zero attached hydrogens (tertiary/aromatic N) is 1. The summed E-state index contributed by atoms with van der Waals surface area (Å²) in [5.41, 5.74) is 5.06. The highest BCUT2D eigenvalue weighted by molar-refractivity contribution is 6.01.